The van der Waals surface area contributed by atoms with Crippen molar-refractivity contribution in [2.24, 2.45) is 5.73 Å². The van der Waals surface area contributed by atoms with Gasteiger partial charge in [-0.15, -0.1) is 5.10 Å². The van der Waals surface area contributed by atoms with E-state index in [0.717, 1.165) is 10.7 Å². The minimum atomic E-state index is -1.45. The zero-order chi connectivity index (χ0) is 19.8. The van der Waals surface area contributed by atoms with E-state index in [1.54, 1.807) is 0 Å². The molecule has 0 bridgehead atoms. The molecule has 0 saturated carbocycles. The first-order chi connectivity index (χ1) is 12.8. The molecule has 11 heteroatoms. The highest BCUT2D eigenvalue weighted by Gasteiger charge is 2.47. The smallest absolute Gasteiger partial charge is 0.407 e. The predicted octanol–water partition coefficient (Wildman–Crippen LogP) is 0.0444. The van der Waals surface area contributed by atoms with Crippen molar-refractivity contribution in [3.63, 3.8) is 0 Å². The zero-order valence-corrected chi connectivity index (χ0v) is 14.4. The van der Waals surface area contributed by atoms with Crippen LogP contribution in [0.1, 0.15) is 23.0 Å². The van der Waals surface area contributed by atoms with Crippen LogP contribution in [0.25, 0.3) is 5.69 Å². The van der Waals surface area contributed by atoms with Gasteiger partial charge >= 0.3 is 12.1 Å². The number of nitrogens with one attached hydrogen (secondary N) is 1. The molecule has 142 valence electrons. The maximum atomic E-state index is 14.7. The second-order valence-corrected chi connectivity index (χ2v) is 6.05. The predicted molar refractivity (Wildman–Crippen MR) is 87.5 cm³/mol. The number of alkyl carbamates (subject to hydrolysis) is 1. The van der Waals surface area contributed by atoms with Crippen LogP contribution in [0, 0.1) is 5.82 Å². The Labute approximate surface area is 152 Å². The van der Waals surface area contributed by atoms with Crippen LogP contribution < -0.4 is 11.1 Å². The van der Waals surface area contributed by atoms with Gasteiger partial charge in [0.05, 0.1) is 19.9 Å². The van der Waals surface area contributed by atoms with Crippen LogP contribution in [0.2, 0.25) is 0 Å². The van der Waals surface area contributed by atoms with E-state index in [1.165, 1.54) is 32.4 Å². The molecule has 2 heterocycles. The fourth-order valence-electron chi connectivity index (χ4n) is 2.79. The number of carbonyl (C=O) groups excluding carboxylic acids is 3. The molecule has 3 N–H and O–H groups in total. The third-order valence-electron chi connectivity index (χ3n) is 4.52. The van der Waals surface area contributed by atoms with Gasteiger partial charge in [-0.05, 0) is 24.6 Å². The molecular weight excluding hydrogens is 361 g/mol. The summed E-state index contributed by atoms with van der Waals surface area (Å²) >= 11 is 0. The van der Waals surface area contributed by atoms with Gasteiger partial charge in [0.2, 0.25) is 5.91 Å². The fraction of sp³-hybridized carbons (Fsp3) is 0.312. The number of rotatable bonds is 5. The number of esters is 1. The van der Waals surface area contributed by atoms with Crippen LogP contribution in [0.15, 0.2) is 24.4 Å². The number of nitrogens with zero attached hydrogens (tertiary/aromatic N) is 3. The van der Waals surface area contributed by atoms with Crippen LogP contribution in [-0.2, 0) is 19.7 Å². The molecule has 2 unspecified atom stereocenters. The van der Waals surface area contributed by atoms with E-state index in [2.05, 4.69) is 20.4 Å². The van der Waals surface area contributed by atoms with Crippen LogP contribution in [0.5, 0.6) is 0 Å². The molecule has 3 rings (SSSR count). The van der Waals surface area contributed by atoms with Crippen LogP contribution in [0.4, 0.5) is 9.18 Å². The third-order valence-corrected chi connectivity index (χ3v) is 4.52. The second kappa shape index (κ2) is 6.67. The van der Waals surface area contributed by atoms with Crippen molar-refractivity contribution in [1.82, 2.24) is 20.3 Å². The molecule has 1 saturated heterocycles. The van der Waals surface area contributed by atoms with Gasteiger partial charge in [0.1, 0.15) is 23.0 Å². The summed E-state index contributed by atoms with van der Waals surface area (Å²) in [5.74, 6) is -2.22. The number of carbonyl (C=O) groups is 3. The molecule has 2 aromatic rings. The van der Waals surface area contributed by atoms with Gasteiger partial charge in [-0.3, -0.25) is 4.79 Å². The number of hydrogen-bond donors (Lipinski definition) is 2. The highest BCUT2D eigenvalue weighted by atomic mass is 19.1. The van der Waals surface area contributed by atoms with Crippen molar-refractivity contribution in [2.75, 3.05) is 13.7 Å². The number of primary amides is 1. The van der Waals surface area contributed by atoms with Crippen molar-refractivity contribution in [1.29, 1.82) is 0 Å². The Morgan fingerprint density at radius 1 is 1.48 bits per heavy atom. The Bertz CT molecular complexity index is 930. The molecular formula is C16H16FN5O5. The standard InChI is InChI=1S/C16H16FN5O5/c1-16(14(18)24,12-6-19-15(25)27-12)8-3-4-11(9(17)5-8)22-7-10(20-21-22)13(23)26-2/h3-5,7,12H,6H2,1-2H3,(H2,18,24)(H,19,25). The second-order valence-electron chi connectivity index (χ2n) is 6.05. The molecule has 1 aliphatic heterocycles. The summed E-state index contributed by atoms with van der Waals surface area (Å²) in [4.78, 5) is 34.9. The van der Waals surface area contributed by atoms with E-state index in [9.17, 15) is 18.8 Å². The maximum absolute atomic E-state index is 14.7. The average Bonchev–Trinajstić information content (AvgIpc) is 3.29. The third kappa shape index (κ3) is 3.07. The summed E-state index contributed by atoms with van der Waals surface area (Å²) in [6.45, 7) is 1.53. The van der Waals surface area contributed by atoms with Crippen molar-refractivity contribution >= 4 is 18.0 Å². The highest BCUT2D eigenvalue weighted by molar-refractivity contribution is 5.88. The minimum Gasteiger partial charge on any atom is -0.464 e. The molecule has 10 nitrogen and oxygen atoms in total. The largest absolute Gasteiger partial charge is 0.464 e. The molecule has 1 fully saturated rings. The van der Waals surface area contributed by atoms with Crippen molar-refractivity contribution in [3.05, 3.63) is 41.5 Å². The summed E-state index contributed by atoms with van der Waals surface area (Å²) in [5.41, 5.74) is 4.21. The Balaban J connectivity index is 1.98. The van der Waals surface area contributed by atoms with E-state index >= 15 is 0 Å². The van der Waals surface area contributed by atoms with Crippen molar-refractivity contribution < 1.29 is 28.2 Å². The van der Waals surface area contributed by atoms with Crippen LogP contribution in [-0.4, -0.2) is 52.7 Å². The lowest BCUT2D eigenvalue weighted by Crippen LogP contribution is -2.49. The van der Waals surface area contributed by atoms with Gasteiger partial charge in [0.15, 0.2) is 5.69 Å². The lowest BCUT2D eigenvalue weighted by atomic mass is 9.76. The minimum absolute atomic E-state index is 0.00485. The molecule has 0 spiro atoms. The van der Waals surface area contributed by atoms with Crippen molar-refractivity contribution in [2.45, 2.75) is 18.4 Å². The Kier molecular flexibility index (Phi) is 4.52. The van der Waals surface area contributed by atoms with E-state index < -0.39 is 35.3 Å². The number of benzene rings is 1. The number of halogens is 1. The van der Waals surface area contributed by atoms with Gasteiger partial charge in [0.25, 0.3) is 0 Å². The monoisotopic (exact) mass is 377 g/mol. The highest BCUT2D eigenvalue weighted by Crippen LogP contribution is 2.32. The van der Waals surface area contributed by atoms with E-state index in [-0.39, 0.29) is 23.5 Å². The SMILES string of the molecule is COC(=O)c1cn(-c2ccc(C(C)(C(N)=O)C3CNC(=O)O3)cc2F)nn1. The van der Waals surface area contributed by atoms with Gasteiger partial charge in [-0.2, -0.15) is 0 Å². The molecule has 1 aromatic heterocycles. The summed E-state index contributed by atoms with van der Waals surface area (Å²) < 4.78 is 25.4. The van der Waals surface area contributed by atoms with Crippen LogP contribution in [0.3, 0.4) is 0 Å². The van der Waals surface area contributed by atoms with Gasteiger partial charge in [-0.25, -0.2) is 18.7 Å². The molecule has 0 aliphatic carbocycles. The molecule has 1 aliphatic rings. The number of amides is 2. The first kappa shape index (κ1) is 18.3. The Morgan fingerprint density at radius 2 is 2.22 bits per heavy atom. The number of cyclic esters (lactones) is 1. The van der Waals surface area contributed by atoms with E-state index in [1.807, 2.05) is 0 Å². The quantitative estimate of drug-likeness (QED) is 0.702. The summed E-state index contributed by atoms with van der Waals surface area (Å²) in [6.07, 6.45) is -0.354. The first-order valence-corrected chi connectivity index (χ1v) is 7.82. The van der Waals surface area contributed by atoms with E-state index in [4.69, 9.17) is 10.5 Å². The number of aromatic nitrogens is 3. The van der Waals surface area contributed by atoms with Gasteiger partial charge in [-0.1, -0.05) is 11.3 Å². The summed E-state index contributed by atoms with van der Waals surface area (Å²) in [6, 6.07) is 3.92. The molecule has 27 heavy (non-hydrogen) atoms. The molecule has 0 radical (unpaired) electrons. The molecule has 1 aromatic carbocycles. The fourth-order valence-corrected chi connectivity index (χ4v) is 2.79. The average molecular weight is 377 g/mol. The lowest BCUT2D eigenvalue weighted by Gasteiger charge is -2.31. The van der Waals surface area contributed by atoms with E-state index in [0.29, 0.717) is 0 Å². The summed E-state index contributed by atoms with van der Waals surface area (Å²) in [5, 5.41) is 9.73. The topological polar surface area (TPSA) is 138 Å². The molecule has 2 amide bonds. The normalized spacial score (nSPS) is 18.3. The molecule has 2 atom stereocenters. The summed E-state index contributed by atoms with van der Waals surface area (Å²) in [7, 11) is 1.19. The number of methoxy groups -OCH3 is 1. The lowest BCUT2D eigenvalue weighted by molar-refractivity contribution is -0.126. The zero-order valence-electron chi connectivity index (χ0n) is 14.4. The van der Waals surface area contributed by atoms with Gasteiger partial charge in [0, 0.05) is 0 Å². The number of hydrogen-bond acceptors (Lipinski definition) is 7. The Morgan fingerprint density at radius 3 is 2.78 bits per heavy atom. The number of nitrogens with two attached hydrogens (primary N) is 1. The maximum Gasteiger partial charge on any atom is 0.407 e. The van der Waals surface area contributed by atoms with Gasteiger partial charge < -0.3 is 20.5 Å². The van der Waals surface area contributed by atoms with Crippen molar-refractivity contribution in [3.8, 4) is 5.69 Å². The number of ether oxygens (including phenoxy) is 2. The first-order valence-electron chi connectivity index (χ1n) is 7.82. The van der Waals surface area contributed by atoms with Crippen LogP contribution >= 0.6 is 0 Å². The Hall–Kier alpha value is -3.50.